The number of rotatable bonds is 22. The average Bonchev–Trinajstić information content (AvgIpc) is 3.18. The lowest BCUT2D eigenvalue weighted by Crippen LogP contribution is -2.14. The lowest BCUT2D eigenvalue weighted by Gasteiger charge is -2.23. The average molecular weight is 1070 g/mol. The van der Waals surface area contributed by atoms with Gasteiger partial charge in [-0.1, -0.05) is 36.4 Å². The van der Waals surface area contributed by atoms with Crippen molar-refractivity contribution in [3.63, 3.8) is 0 Å². The monoisotopic (exact) mass is 1070 g/mol. The molecule has 4 aromatic rings. The summed E-state index contributed by atoms with van der Waals surface area (Å²) in [6.45, 7) is -1.42. The maximum Gasteiger partial charge on any atom is 0.294 e. The molecular formula is C40H48O22S6. The van der Waals surface area contributed by atoms with E-state index in [2.05, 4.69) is 0 Å². The van der Waals surface area contributed by atoms with Gasteiger partial charge in [0.1, 0.15) is 23.0 Å². The molecule has 1 aliphatic rings. The summed E-state index contributed by atoms with van der Waals surface area (Å²) in [5.41, 5.74) is 1.20. The van der Waals surface area contributed by atoms with Crippen LogP contribution in [0.4, 0.5) is 0 Å². The van der Waals surface area contributed by atoms with Crippen LogP contribution in [0.1, 0.15) is 70.2 Å². The van der Waals surface area contributed by atoms with E-state index >= 15 is 0 Å². The van der Waals surface area contributed by atoms with E-state index in [1.165, 1.54) is 0 Å². The summed E-state index contributed by atoms with van der Waals surface area (Å²) in [5.74, 6) is -2.89. The lowest BCUT2D eigenvalue weighted by atomic mass is 9.91. The van der Waals surface area contributed by atoms with E-state index in [-0.39, 0.29) is 103 Å². The molecule has 8 bridgehead atoms. The fourth-order valence-corrected chi connectivity index (χ4v) is 10.4. The van der Waals surface area contributed by atoms with Gasteiger partial charge in [-0.15, -0.1) is 0 Å². The highest BCUT2D eigenvalue weighted by atomic mass is 32.2. The van der Waals surface area contributed by atoms with Crippen LogP contribution in [0.15, 0.2) is 70.5 Å². The first-order chi connectivity index (χ1) is 31.5. The van der Waals surface area contributed by atoms with E-state index in [9.17, 15) is 77.8 Å². The summed E-state index contributed by atoms with van der Waals surface area (Å²) >= 11 is 0. The van der Waals surface area contributed by atoms with Crippen molar-refractivity contribution < 1.29 is 96.8 Å². The van der Waals surface area contributed by atoms with Crippen LogP contribution in [-0.4, -0.2) is 127 Å². The van der Waals surface area contributed by atoms with E-state index in [0.717, 1.165) is 24.3 Å². The molecule has 0 saturated heterocycles. The number of hydrogen-bond acceptors (Lipinski definition) is 16. The van der Waals surface area contributed by atoms with Crippen LogP contribution >= 0.6 is 0 Å². The lowest BCUT2D eigenvalue weighted by molar-refractivity contribution is 0.303. The van der Waals surface area contributed by atoms with Gasteiger partial charge in [-0.25, -0.2) is 0 Å². The molecule has 376 valence electrons. The van der Waals surface area contributed by atoms with E-state index in [4.69, 9.17) is 18.9 Å². The molecule has 0 amide bonds. The molecular weight excluding hydrogens is 1020 g/mol. The van der Waals surface area contributed by atoms with Crippen LogP contribution in [0.2, 0.25) is 0 Å². The Kier molecular flexibility index (Phi) is 17.7. The topological polar surface area (TPSA) is 363 Å². The number of fused-ring (bicyclic) bond motifs is 8. The highest BCUT2D eigenvalue weighted by Gasteiger charge is 2.27. The van der Waals surface area contributed by atoms with Gasteiger partial charge in [-0.2, -0.15) is 50.5 Å². The highest BCUT2D eigenvalue weighted by Crippen LogP contribution is 2.41. The van der Waals surface area contributed by atoms with Gasteiger partial charge in [-0.3, -0.25) is 27.3 Å². The van der Waals surface area contributed by atoms with Crippen molar-refractivity contribution in [1.29, 1.82) is 0 Å². The molecule has 68 heavy (non-hydrogen) atoms. The molecule has 0 saturated carbocycles. The predicted molar refractivity (Wildman–Crippen MR) is 243 cm³/mol. The number of para-hydroxylation sites is 2. The van der Waals surface area contributed by atoms with Crippen LogP contribution < -0.4 is 18.9 Å². The van der Waals surface area contributed by atoms with Crippen molar-refractivity contribution in [3.05, 3.63) is 105 Å². The number of benzene rings is 4. The minimum atomic E-state index is -5.07. The first kappa shape index (κ1) is 54.5. The second-order valence-electron chi connectivity index (χ2n) is 15.6. The van der Waals surface area contributed by atoms with Gasteiger partial charge in [-0.05, 0) is 72.2 Å². The molecule has 4 aromatic carbocycles. The summed E-state index contributed by atoms with van der Waals surface area (Å²) in [4.78, 5) is -1.40. The molecule has 22 nitrogen and oxygen atoms in total. The first-order valence-electron chi connectivity index (χ1n) is 20.3. The molecule has 0 aliphatic heterocycles. The number of ether oxygens (including phenoxy) is 4. The minimum Gasteiger partial charge on any atom is -0.493 e. The maximum absolute atomic E-state index is 12.9. The van der Waals surface area contributed by atoms with Gasteiger partial charge in [0.15, 0.2) is 0 Å². The zero-order valence-electron chi connectivity index (χ0n) is 35.8. The van der Waals surface area contributed by atoms with Crippen molar-refractivity contribution in [1.82, 2.24) is 0 Å². The van der Waals surface area contributed by atoms with Crippen molar-refractivity contribution in [2.45, 2.75) is 61.2 Å². The molecule has 6 N–H and O–H groups in total. The van der Waals surface area contributed by atoms with E-state index < -0.39 is 113 Å². The molecule has 0 atom stereocenters. The van der Waals surface area contributed by atoms with Crippen LogP contribution in [0.5, 0.6) is 23.0 Å². The molecule has 0 heterocycles. The van der Waals surface area contributed by atoms with Crippen molar-refractivity contribution in [3.8, 4) is 23.0 Å². The van der Waals surface area contributed by atoms with Gasteiger partial charge in [0.05, 0.1) is 59.2 Å². The van der Waals surface area contributed by atoms with Gasteiger partial charge in [0.2, 0.25) is 0 Å². The molecule has 28 heteroatoms. The second-order valence-corrected chi connectivity index (χ2v) is 24.7. The Morgan fingerprint density at radius 3 is 0.765 bits per heavy atom. The zero-order chi connectivity index (χ0) is 50.3. The van der Waals surface area contributed by atoms with Gasteiger partial charge in [0, 0.05) is 47.9 Å². The highest BCUT2D eigenvalue weighted by molar-refractivity contribution is 7.87. The molecule has 0 fully saturated rings. The molecule has 0 unspecified atom stereocenters. The summed E-state index contributed by atoms with van der Waals surface area (Å²) in [5, 5.41) is 0. The van der Waals surface area contributed by atoms with E-state index in [1.54, 1.807) is 36.4 Å². The molecule has 0 radical (unpaired) electrons. The second kappa shape index (κ2) is 22.1. The summed E-state index contributed by atoms with van der Waals surface area (Å²) in [6.07, 6.45) is -2.23. The fraction of sp³-hybridized carbons (Fsp3) is 0.400. The smallest absolute Gasteiger partial charge is 0.294 e. The Morgan fingerprint density at radius 1 is 0.338 bits per heavy atom. The van der Waals surface area contributed by atoms with Crippen LogP contribution in [0, 0.1) is 0 Å². The quantitative estimate of drug-likeness (QED) is 0.0427. The van der Waals surface area contributed by atoms with Crippen LogP contribution in [-0.2, 0) is 86.4 Å². The van der Waals surface area contributed by atoms with Crippen molar-refractivity contribution in [2.75, 3.05) is 49.4 Å². The standard InChI is InChI=1S/C40H48O22S6/c41-63(42,43)15-3-11-59-37-27-7-1-9-29(37)20-31-23-35(67(53,54)55)25-33(39(31)61-13-5-17-65(47,48)49)22-34-26-36(68(56,57)58)24-32(40(34)62-14-6-18-66(50,51)52)21-30-10-2-8-28(19-27)38(30)60-12-4-16-64(44,45)46/h1-2,7-10,23-26H,3-6,11-22H2,(H,41,42,43)(H,44,45,46)(H,47,48,49)(H,50,51,52)(H,53,54,55)(H,56,57,58). The largest absolute Gasteiger partial charge is 0.493 e. The first-order valence-corrected chi connectivity index (χ1v) is 29.6. The summed E-state index contributed by atoms with van der Waals surface area (Å²) in [7, 11) is -28.0. The number of hydrogen-bond donors (Lipinski definition) is 6. The van der Waals surface area contributed by atoms with Gasteiger partial charge in [0.25, 0.3) is 60.7 Å². The molecule has 0 spiro atoms. The fourth-order valence-electron chi connectivity index (χ4n) is 7.33. The maximum atomic E-state index is 12.9. The Hall–Kier alpha value is -4.46. The predicted octanol–water partition coefficient (Wildman–Crippen LogP) is 3.48. The Balaban J connectivity index is 1.85. The van der Waals surface area contributed by atoms with Gasteiger partial charge < -0.3 is 18.9 Å². The Labute approximate surface area is 394 Å². The van der Waals surface area contributed by atoms with E-state index in [0.29, 0.717) is 22.3 Å². The summed E-state index contributed by atoms with van der Waals surface area (Å²) < 4.78 is 228. The SMILES string of the molecule is O=S(=O)(O)CCCOc1c2cccc1Cc1cc(S(=O)(=O)O)cc(c1OCCCS(=O)(=O)O)Cc1cc(S(=O)(=O)O)cc(c1OCCCS(=O)(=O)O)Cc1cccc(c1OCCCS(=O)(=O)O)C2. The zero-order valence-corrected chi connectivity index (χ0v) is 40.7. The Morgan fingerprint density at radius 2 is 0.544 bits per heavy atom. The Bertz CT molecular complexity index is 2980. The molecule has 1 aliphatic carbocycles. The van der Waals surface area contributed by atoms with Crippen LogP contribution in [0.25, 0.3) is 0 Å². The third kappa shape index (κ3) is 16.9. The molecule has 5 rings (SSSR count). The summed E-state index contributed by atoms with van der Waals surface area (Å²) in [6, 6.07) is 13.7. The normalized spacial score (nSPS) is 13.7. The minimum absolute atomic E-state index is 0.000597. The van der Waals surface area contributed by atoms with Crippen LogP contribution in [0.3, 0.4) is 0 Å². The third-order valence-electron chi connectivity index (χ3n) is 10.1. The third-order valence-corrected chi connectivity index (χ3v) is 15.0. The van der Waals surface area contributed by atoms with Gasteiger partial charge >= 0.3 is 0 Å². The molecule has 0 aromatic heterocycles. The van der Waals surface area contributed by atoms with Crippen molar-refractivity contribution in [2.24, 2.45) is 0 Å². The van der Waals surface area contributed by atoms with E-state index in [1.807, 2.05) is 0 Å². The van der Waals surface area contributed by atoms with Crippen molar-refractivity contribution >= 4 is 60.7 Å².